The lowest BCUT2D eigenvalue weighted by atomic mass is 10.1. The molecule has 0 bridgehead atoms. The van der Waals surface area contributed by atoms with Crippen molar-refractivity contribution in [1.82, 2.24) is 9.78 Å². The second-order valence-corrected chi connectivity index (χ2v) is 5.34. The molecule has 0 aliphatic carbocycles. The predicted molar refractivity (Wildman–Crippen MR) is 81.0 cm³/mol. The van der Waals surface area contributed by atoms with E-state index in [-0.39, 0.29) is 6.04 Å². The molecule has 0 radical (unpaired) electrons. The van der Waals surface area contributed by atoms with Crippen molar-refractivity contribution in [3.8, 4) is 0 Å². The molecule has 0 spiro atoms. The van der Waals surface area contributed by atoms with Gasteiger partial charge in [-0.2, -0.15) is 5.10 Å². The van der Waals surface area contributed by atoms with Crippen LogP contribution < -0.4 is 5.73 Å². The van der Waals surface area contributed by atoms with Crippen LogP contribution in [0.15, 0.2) is 22.8 Å². The zero-order chi connectivity index (χ0) is 14.5. The Labute approximate surface area is 124 Å². The zero-order valence-electron chi connectivity index (χ0n) is 12.1. The van der Waals surface area contributed by atoms with Crippen molar-refractivity contribution >= 4 is 11.6 Å². The van der Waals surface area contributed by atoms with Crippen LogP contribution in [-0.4, -0.2) is 15.8 Å². The summed E-state index contributed by atoms with van der Waals surface area (Å²) in [6, 6.07) is 3.94. The molecule has 20 heavy (non-hydrogen) atoms. The van der Waals surface area contributed by atoms with Crippen molar-refractivity contribution in [2.24, 2.45) is 5.73 Å². The van der Waals surface area contributed by atoms with Crippen LogP contribution in [0, 0.1) is 0 Å². The van der Waals surface area contributed by atoms with Crippen molar-refractivity contribution in [2.45, 2.75) is 52.1 Å². The van der Waals surface area contributed by atoms with Crippen LogP contribution in [0.1, 0.15) is 37.4 Å². The zero-order valence-corrected chi connectivity index (χ0v) is 12.9. The van der Waals surface area contributed by atoms with Gasteiger partial charge in [-0.1, -0.05) is 18.5 Å². The fourth-order valence-electron chi connectivity index (χ4n) is 2.35. The molecule has 2 aromatic heterocycles. The molecule has 0 aliphatic heterocycles. The Morgan fingerprint density at radius 2 is 2.25 bits per heavy atom. The Balaban J connectivity index is 1.99. The number of rotatable bonds is 7. The highest BCUT2D eigenvalue weighted by Crippen LogP contribution is 2.23. The van der Waals surface area contributed by atoms with Crippen LogP contribution >= 0.6 is 11.6 Å². The van der Waals surface area contributed by atoms with Gasteiger partial charge in [-0.05, 0) is 31.9 Å². The first-order valence-electron chi connectivity index (χ1n) is 7.17. The van der Waals surface area contributed by atoms with Gasteiger partial charge in [-0.25, -0.2) is 0 Å². The number of aryl methyl sites for hydroxylation is 3. The lowest BCUT2D eigenvalue weighted by molar-refractivity contribution is 0.478. The molecule has 4 nitrogen and oxygen atoms in total. The van der Waals surface area contributed by atoms with Gasteiger partial charge in [0.25, 0.3) is 0 Å². The van der Waals surface area contributed by atoms with E-state index >= 15 is 0 Å². The van der Waals surface area contributed by atoms with Crippen LogP contribution in [0.25, 0.3) is 0 Å². The normalized spacial score (nSPS) is 12.8. The maximum atomic E-state index is 6.39. The van der Waals surface area contributed by atoms with Crippen molar-refractivity contribution in [1.29, 1.82) is 0 Å². The number of furan rings is 1. The summed E-state index contributed by atoms with van der Waals surface area (Å²) in [5.41, 5.74) is 8.24. The van der Waals surface area contributed by atoms with Gasteiger partial charge in [-0.15, -0.1) is 0 Å². The topological polar surface area (TPSA) is 57.0 Å². The van der Waals surface area contributed by atoms with Crippen LogP contribution in [-0.2, 0) is 25.8 Å². The Morgan fingerprint density at radius 3 is 2.85 bits per heavy atom. The van der Waals surface area contributed by atoms with Crippen LogP contribution in [0.5, 0.6) is 0 Å². The summed E-state index contributed by atoms with van der Waals surface area (Å²) in [6.45, 7) is 4.95. The Kier molecular flexibility index (Phi) is 5.26. The number of nitrogens with zero attached hydrogens (tertiary/aromatic N) is 2. The highest BCUT2D eigenvalue weighted by atomic mass is 35.5. The standard InChI is InChI=1S/C15H22ClN3O/c1-3-13-15(16)14(19(4-2)18-13)10-11(17)7-8-12-6-5-9-20-12/h5-6,9,11H,3-4,7-8,10,17H2,1-2H3. The summed E-state index contributed by atoms with van der Waals surface area (Å²) in [6.07, 6.45) is 5.02. The third-order valence-corrected chi connectivity index (χ3v) is 3.93. The molecular weight excluding hydrogens is 274 g/mol. The predicted octanol–water partition coefficient (Wildman–Crippen LogP) is 3.21. The monoisotopic (exact) mass is 295 g/mol. The Morgan fingerprint density at radius 1 is 1.45 bits per heavy atom. The van der Waals surface area contributed by atoms with E-state index in [9.17, 15) is 0 Å². The minimum absolute atomic E-state index is 0.0595. The molecule has 2 N–H and O–H groups in total. The van der Waals surface area contributed by atoms with E-state index in [0.29, 0.717) is 0 Å². The molecule has 5 heteroatoms. The smallest absolute Gasteiger partial charge is 0.103 e. The first-order chi connectivity index (χ1) is 9.65. The van der Waals surface area contributed by atoms with Gasteiger partial charge in [0.15, 0.2) is 0 Å². The number of aromatic nitrogens is 2. The molecule has 1 atom stereocenters. The van der Waals surface area contributed by atoms with Gasteiger partial charge in [-0.3, -0.25) is 4.68 Å². The average molecular weight is 296 g/mol. The second kappa shape index (κ2) is 6.95. The molecule has 0 aliphatic rings. The molecule has 1 unspecified atom stereocenters. The van der Waals surface area contributed by atoms with Crippen molar-refractivity contribution < 1.29 is 4.42 Å². The van der Waals surface area contributed by atoms with Gasteiger partial charge in [0.2, 0.25) is 0 Å². The van der Waals surface area contributed by atoms with Crippen LogP contribution in [0.3, 0.4) is 0 Å². The molecule has 2 aromatic rings. The number of hydrogen-bond acceptors (Lipinski definition) is 3. The highest BCUT2D eigenvalue weighted by molar-refractivity contribution is 6.31. The van der Waals surface area contributed by atoms with E-state index in [4.69, 9.17) is 21.8 Å². The maximum absolute atomic E-state index is 6.39. The summed E-state index contributed by atoms with van der Waals surface area (Å²) in [5, 5.41) is 5.30. The molecule has 0 saturated heterocycles. The number of nitrogens with two attached hydrogens (primary N) is 1. The molecule has 110 valence electrons. The Bertz CT molecular complexity index is 534. The molecule has 2 rings (SSSR count). The summed E-state index contributed by atoms with van der Waals surface area (Å²) >= 11 is 6.39. The molecule has 0 amide bonds. The number of hydrogen-bond donors (Lipinski definition) is 1. The third kappa shape index (κ3) is 3.44. The highest BCUT2D eigenvalue weighted by Gasteiger charge is 2.17. The third-order valence-electron chi connectivity index (χ3n) is 3.49. The fraction of sp³-hybridized carbons (Fsp3) is 0.533. The van der Waals surface area contributed by atoms with E-state index in [1.54, 1.807) is 6.26 Å². The SMILES string of the molecule is CCc1nn(CC)c(CC(N)CCc2ccco2)c1Cl. The van der Waals surface area contributed by atoms with E-state index in [1.807, 2.05) is 16.8 Å². The average Bonchev–Trinajstić information content (AvgIpc) is 3.06. The van der Waals surface area contributed by atoms with Gasteiger partial charge in [0.05, 0.1) is 22.7 Å². The van der Waals surface area contributed by atoms with Crippen molar-refractivity contribution in [3.05, 3.63) is 40.6 Å². The van der Waals surface area contributed by atoms with Crippen LogP contribution in [0.4, 0.5) is 0 Å². The summed E-state index contributed by atoms with van der Waals surface area (Å²) < 4.78 is 7.29. The van der Waals surface area contributed by atoms with Crippen LogP contribution in [0.2, 0.25) is 5.02 Å². The van der Waals surface area contributed by atoms with E-state index < -0.39 is 0 Å². The first kappa shape index (κ1) is 15.1. The lowest BCUT2D eigenvalue weighted by Crippen LogP contribution is -2.25. The number of halogens is 1. The minimum Gasteiger partial charge on any atom is -0.469 e. The van der Waals surface area contributed by atoms with Gasteiger partial charge >= 0.3 is 0 Å². The first-order valence-corrected chi connectivity index (χ1v) is 7.55. The van der Waals surface area contributed by atoms with Crippen molar-refractivity contribution in [3.63, 3.8) is 0 Å². The van der Waals surface area contributed by atoms with E-state index in [0.717, 1.165) is 54.4 Å². The molecule has 0 saturated carbocycles. The molecule has 0 aromatic carbocycles. The van der Waals surface area contributed by atoms with Gasteiger partial charge in [0.1, 0.15) is 5.76 Å². The molecule has 0 fully saturated rings. The largest absolute Gasteiger partial charge is 0.469 e. The summed E-state index contributed by atoms with van der Waals surface area (Å²) in [5.74, 6) is 0.977. The summed E-state index contributed by atoms with van der Waals surface area (Å²) in [7, 11) is 0. The van der Waals surface area contributed by atoms with E-state index in [1.165, 1.54) is 0 Å². The molecular formula is C15H22ClN3O. The second-order valence-electron chi connectivity index (χ2n) is 4.96. The quantitative estimate of drug-likeness (QED) is 0.853. The fourth-order valence-corrected chi connectivity index (χ4v) is 2.69. The van der Waals surface area contributed by atoms with E-state index in [2.05, 4.69) is 18.9 Å². The summed E-state index contributed by atoms with van der Waals surface area (Å²) in [4.78, 5) is 0. The Hall–Kier alpha value is -1.26. The van der Waals surface area contributed by atoms with Gasteiger partial charge in [0, 0.05) is 25.4 Å². The van der Waals surface area contributed by atoms with Gasteiger partial charge < -0.3 is 10.2 Å². The minimum atomic E-state index is 0.0595. The molecule has 2 heterocycles. The van der Waals surface area contributed by atoms with Crippen molar-refractivity contribution in [2.75, 3.05) is 0 Å². The lowest BCUT2D eigenvalue weighted by Gasteiger charge is -2.12. The maximum Gasteiger partial charge on any atom is 0.103 e.